The summed E-state index contributed by atoms with van der Waals surface area (Å²) in [4.78, 5) is 79.0. The smallest absolute Gasteiger partial charge is 0.330 e. The Morgan fingerprint density at radius 3 is 2.36 bits per heavy atom. The van der Waals surface area contributed by atoms with E-state index < -0.39 is 64.9 Å². The van der Waals surface area contributed by atoms with Crippen molar-refractivity contribution in [3.05, 3.63) is 42.3 Å². The number of carboxylic acid groups (broad SMARTS) is 1. The molecule has 4 amide bonds. The van der Waals surface area contributed by atoms with Crippen LogP contribution in [0.3, 0.4) is 0 Å². The summed E-state index contributed by atoms with van der Waals surface area (Å²) in [5.74, 6) is -2.14. The SMILES string of the molecule is C=CC1C[C@]1(NC(=O)[C@@H]1C[C@@H](Oc2cc(-c3csc(NC(C)C)n3)nc3cc(OC)ccc23)CN1C(=O)[C@@H](NC(=O)NC(C(=O)C1CC1)C(C)C)C(C)(C)C)C(=O)O. The van der Waals surface area contributed by atoms with Crippen LogP contribution in [-0.4, -0.2) is 99.0 Å². The number of nitrogens with one attached hydrogen (secondary N) is 4. The molecule has 1 aromatic carbocycles. The highest BCUT2D eigenvalue weighted by atomic mass is 32.1. The third kappa shape index (κ3) is 9.06. The maximum atomic E-state index is 14.8. The molecule has 3 heterocycles. The van der Waals surface area contributed by atoms with E-state index in [1.807, 2.05) is 39.1 Å². The standard InChI is InChI=1S/C42H55N7O8S/c1-10-24-18-42(24,38(53)54)48-36(51)31-16-26(19-49(31)37(52)35(41(6,7)8)47-39(55)46-33(21(2)3)34(50)23-11-12-23)57-32-17-29(30-20-58-40(45-30)43-22(4)5)44-28-15-25(56-9)13-14-27(28)32/h10,13-15,17,20-24,26,31,33,35H,1,11-12,16,18-19H2,2-9H3,(H,43,45)(H,48,51)(H,53,54)(H2,46,47,55)/t24?,26-,31+,33?,35-,42-/m1/s1. The molecule has 2 unspecified atom stereocenters. The summed E-state index contributed by atoms with van der Waals surface area (Å²) in [6, 6.07) is 3.66. The number of hydrogen-bond donors (Lipinski definition) is 5. The zero-order chi connectivity index (χ0) is 42.3. The van der Waals surface area contributed by atoms with Gasteiger partial charge in [-0.3, -0.25) is 14.4 Å². The van der Waals surface area contributed by atoms with Gasteiger partial charge in [-0.05, 0) is 56.6 Å². The summed E-state index contributed by atoms with van der Waals surface area (Å²) in [5, 5.41) is 25.1. The third-order valence-electron chi connectivity index (χ3n) is 11.0. The molecular weight excluding hydrogens is 763 g/mol. The summed E-state index contributed by atoms with van der Waals surface area (Å²) < 4.78 is 12.2. The monoisotopic (exact) mass is 817 g/mol. The van der Waals surface area contributed by atoms with Gasteiger partial charge in [0.15, 0.2) is 10.9 Å². The Morgan fingerprint density at radius 2 is 1.78 bits per heavy atom. The lowest BCUT2D eigenvalue weighted by molar-refractivity contribution is -0.146. The molecule has 6 rings (SSSR count). The van der Waals surface area contributed by atoms with E-state index in [0.29, 0.717) is 33.8 Å². The van der Waals surface area contributed by atoms with Crippen molar-refractivity contribution < 1.29 is 38.6 Å². The number of anilines is 1. The second-order valence-corrected chi connectivity index (χ2v) is 18.2. The lowest BCUT2D eigenvalue weighted by Crippen LogP contribution is -2.61. The molecule has 6 atom stereocenters. The second-order valence-electron chi connectivity index (χ2n) is 17.3. The van der Waals surface area contributed by atoms with E-state index in [9.17, 15) is 29.1 Å². The minimum Gasteiger partial charge on any atom is -0.497 e. The Balaban J connectivity index is 1.32. The first-order valence-corrected chi connectivity index (χ1v) is 20.7. The largest absolute Gasteiger partial charge is 0.497 e. The molecule has 1 aliphatic heterocycles. The molecule has 58 heavy (non-hydrogen) atoms. The topological polar surface area (TPSA) is 201 Å². The van der Waals surface area contributed by atoms with E-state index in [2.05, 4.69) is 27.8 Å². The van der Waals surface area contributed by atoms with E-state index >= 15 is 0 Å². The molecule has 3 fully saturated rings. The number of likely N-dealkylation sites (tertiary alicyclic amines) is 1. The van der Waals surface area contributed by atoms with Crippen molar-refractivity contribution in [1.29, 1.82) is 0 Å². The van der Waals surface area contributed by atoms with Crippen molar-refractivity contribution in [1.82, 2.24) is 30.8 Å². The fraction of sp³-hybridized carbons (Fsp3) is 0.548. The van der Waals surface area contributed by atoms with Gasteiger partial charge >= 0.3 is 12.0 Å². The number of aromatic nitrogens is 2. The van der Waals surface area contributed by atoms with Crippen LogP contribution < -0.4 is 30.7 Å². The number of pyridine rings is 1. The fourth-order valence-electron chi connectivity index (χ4n) is 7.43. The van der Waals surface area contributed by atoms with Gasteiger partial charge in [0.25, 0.3) is 0 Å². The number of Topliss-reactive ketones (excluding diaryl/α,β-unsaturated/α-hetero) is 1. The first-order chi connectivity index (χ1) is 27.3. The van der Waals surface area contributed by atoms with E-state index in [-0.39, 0.29) is 43.0 Å². The lowest BCUT2D eigenvalue weighted by atomic mass is 9.85. The van der Waals surface area contributed by atoms with Crippen LogP contribution in [0.5, 0.6) is 11.5 Å². The lowest BCUT2D eigenvalue weighted by Gasteiger charge is -2.36. The zero-order valence-electron chi connectivity index (χ0n) is 34.4. The quantitative estimate of drug-likeness (QED) is 0.116. The summed E-state index contributed by atoms with van der Waals surface area (Å²) in [7, 11) is 1.56. The van der Waals surface area contributed by atoms with Crippen LogP contribution in [0.2, 0.25) is 0 Å². The first kappa shape index (κ1) is 42.4. The number of nitrogens with zero attached hydrogens (tertiary/aromatic N) is 3. The number of carbonyl (C=O) groups is 5. The number of fused-ring (bicyclic) bond motifs is 1. The molecule has 0 radical (unpaired) electrons. The van der Waals surface area contributed by atoms with E-state index in [1.54, 1.807) is 46.1 Å². The maximum absolute atomic E-state index is 14.8. The van der Waals surface area contributed by atoms with Crippen LogP contribution in [0.1, 0.15) is 74.1 Å². The number of ether oxygens (including phenoxy) is 2. The predicted octanol–water partition coefficient (Wildman–Crippen LogP) is 5.40. The van der Waals surface area contributed by atoms with Gasteiger partial charge in [0.05, 0.1) is 30.9 Å². The Hall–Kier alpha value is -5.25. The van der Waals surface area contributed by atoms with Gasteiger partial charge in [-0.1, -0.05) is 40.7 Å². The minimum absolute atomic E-state index is 0.0227. The number of ketones is 1. The highest BCUT2D eigenvalue weighted by Crippen LogP contribution is 2.45. The number of carbonyl (C=O) groups excluding carboxylic acids is 4. The number of rotatable bonds is 16. The van der Waals surface area contributed by atoms with Gasteiger partial charge in [-0.15, -0.1) is 17.9 Å². The molecular formula is C42H55N7O8S. The van der Waals surface area contributed by atoms with Crippen molar-refractivity contribution in [2.45, 2.75) is 110 Å². The van der Waals surface area contributed by atoms with E-state index in [0.717, 1.165) is 18.0 Å². The molecule has 16 heteroatoms. The van der Waals surface area contributed by atoms with Gasteiger partial charge in [0.2, 0.25) is 11.8 Å². The molecule has 312 valence electrons. The average Bonchev–Trinajstić information content (AvgIpc) is 4.04. The molecule has 15 nitrogen and oxygen atoms in total. The number of aliphatic carboxylic acids is 1. The van der Waals surface area contributed by atoms with Gasteiger partial charge in [-0.2, -0.15) is 0 Å². The van der Waals surface area contributed by atoms with Gasteiger partial charge < -0.3 is 40.7 Å². The summed E-state index contributed by atoms with van der Waals surface area (Å²) in [5.41, 5.74) is -0.645. The van der Waals surface area contributed by atoms with E-state index in [4.69, 9.17) is 19.4 Å². The number of urea groups is 1. The van der Waals surface area contributed by atoms with Crippen LogP contribution in [0.15, 0.2) is 42.3 Å². The van der Waals surface area contributed by atoms with Gasteiger partial charge in [-0.25, -0.2) is 19.6 Å². The zero-order valence-corrected chi connectivity index (χ0v) is 35.2. The Morgan fingerprint density at radius 1 is 1.05 bits per heavy atom. The second kappa shape index (κ2) is 16.5. The van der Waals surface area contributed by atoms with Crippen molar-refractivity contribution in [2.75, 3.05) is 19.0 Å². The number of carboxylic acids is 1. The van der Waals surface area contributed by atoms with Crippen LogP contribution in [-0.2, 0) is 19.2 Å². The molecule has 3 aromatic rings. The average molecular weight is 818 g/mol. The normalized spacial score (nSPS) is 22.6. The van der Waals surface area contributed by atoms with Crippen LogP contribution in [0, 0.1) is 23.2 Å². The molecule has 0 bridgehead atoms. The molecule has 3 aliphatic rings. The number of methoxy groups -OCH3 is 1. The van der Waals surface area contributed by atoms with Crippen molar-refractivity contribution in [2.24, 2.45) is 23.2 Å². The number of hydrogen-bond acceptors (Lipinski definition) is 11. The number of thiazole rings is 1. The molecule has 2 saturated carbocycles. The molecule has 5 N–H and O–H groups in total. The Bertz CT molecular complexity index is 2090. The summed E-state index contributed by atoms with van der Waals surface area (Å²) in [6.07, 6.45) is 2.54. The minimum atomic E-state index is -1.54. The van der Waals surface area contributed by atoms with Crippen LogP contribution in [0.25, 0.3) is 22.3 Å². The molecule has 2 aliphatic carbocycles. The Kier molecular flexibility index (Phi) is 12.1. The number of amides is 4. The molecule has 0 spiro atoms. The van der Waals surface area contributed by atoms with Crippen LogP contribution in [0.4, 0.5) is 9.93 Å². The van der Waals surface area contributed by atoms with Gasteiger partial charge in [0, 0.05) is 47.2 Å². The van der Waals surface area contributed by atoms with E-state index in [1.165, 1.54) is 22.3 Å². The predicted molar refractivity (Wildman–Crippen MR) is 221 cm³/mol. The first-order valence-electron chi connectivity index (χ1n) is 19.8. The van der Waals surface area contributed by atoms with Gasteiger partial charge in [0.1, 0.15) is 40.9 Å². The highest BCUT2D eigenvalue weighted by molar-refractivity contribution is 7.14. The molecule has 1 saturated heterocycles. The third-order valence-corrected chi connectivity index (χ3v) is 11.7. The fourth-order valence-corrected chi connectivity index (χ4v) is 8.28. The summed E-state index contributed by atoms with van der Waals surface area (Å²) >= 11 is 1.45. The molecule has 2 aromatic heterocycles. The Labute approximate surface area is 342 Å². The van der Waals surface area contributed by atoms with Crippen LogP contribution >= 0.6 is 11.3 Å². The maximum Gasteiger partial charge on any atom is 0.330 e. The van der Waals surface area contributed by atoms with Crippen molar-refractivity contribution in [3.63, 3.8) is 0 Å². The van der Waals surface area contributed by atoms with Crippen molar-refractivity contribution in [3.8, 4) is 22.9 Å². The summed E-state index contributed by atoms with van der Waals surface area (Å²) in [6.45, 7) is 16.8. The highest BCUT2D eigenvalue weighted by Gasteiger charge is 2.61. The number of benzene rings is 1. The van der Waals surface area contributed by atoms with Crippen molar-refractivity contribution >= 4 is 57.0 Å².